The van der Waals surface area contributed by atoms with Gasteiger partial charge < -0.3 is 10.6 Å². The Morgan fingerprint density at radius 2 is 1.94 bits per heavy atom. The molecule has 1 aliphatic heterocycles. The Labute approximate surface area is 104 Å². The molecule has 0 aromatic heterocycles. The van der Waals surface area contributed by atoms with E-state index in [1.54, 1.807) is 0 Å². The van der Waals surface area contributed by atoms with E-state index in [1.165, 1.54) is 25.7 Å². The molecule has 0 aromatic carbocycles. The van der Waals surface area contributed by atoms with Gasteiger partial charge in [-0.15, -0.1) is 12.4 Å². The minimum atomic E-state index is 0. The second-order valence-electron chi connectivity index (χ2n) is 4.94. The first kappa shape index (κ1) is 13.8. The molecule has 2 aliphatic rings. The summed E-state index contributed by atoms with van der Waals surface area (Å²) in [5.41, 5.74) is 0. The third-order valence-electron chi connectivity index (χ3n) is 3.71. The molecule has 2 fully saturated rings. The van der Waals surface area contributed by atoms with Crippen LogP contribution < -0.4 is 10.6 Å². The molecule has 1 amide bonds. The van der Waals surface area contributed by atoms with E-state index in [1.807, 2.05) is 0 Å². The van der Waals surface area contributed by atoms with Crippen LogP contribution in [0.2, 0.25) is 0 Å². The molecule has 1 saturated heterocycles. The van der Waals surface area contributed by atoms with Crippen molar-refractivity contribution in [3.05, 3.63) is 0 Å². The third-order valence-corrected chi connectivity index (χ3v) is 3.71. The van der Waals surface area contributed by atoms with E-state index < -0.39 is 0 Å². The molecule has 0 aromatic rings. The fraction of sp³-hybridized carbons (Fsp3) is 0.917. The van der Waals surface area contributed by atoms with Gasteiger partial charge in [0.15, 0.2) is 0 Å². The molecule has 1 atom stereocenters. The van der Waals surface area contributed by atoms with Crippen molar-refractivity contribution in [1.82, 2.24) is 10.6 Å². The van der Waals surface area contributed by atoms with Crippen molar-refractivity contribution < 1.29 is 4.79 Å². The van der Waals surface area contributed by atoms with Gasteiger partial charge in [-0.2, -0.15) is 0 Å². The van der Waals surface area contributed by atoms with Gasteiger partial charge in [-0.05, 0) is 38.1 Å². The fourth-order valence-corrected chi connectivity index (χ4v) is 2.68. The number of hydrogen-bond donors (Lipinski definition) is 2. The number of nitrogens with one attached hydrogen (secondary N) is 2. The van der Waals surface area contributed by atoms with Gasteiger partial charge in [0.2, 0.25) is 5.91 Å². The summed E-state index contributed by atoms with van der Waals surface area (Å²) in [5, 5.41) is 6.40. The van der Waals surface area contributed by atoms with Crippen LogP contribution in [-0.4, -0.2) is 25.5 Å². The summed E-state index contributed by atoms with van der Waals surface area (Å²) >= 11 is 0. The molecule has 0 unspecified atom stereocenters. The normalized spacial score (nSPS) is 26.1. The summed E-state index contributed by atoms with van der Waals surface area (Å²) in [6.45, 7) is 2.86. The lowest BCUT2D eigenvalue weighted by Crippen LogP contribution is -2.41. The Morgan fingerprint density at radius 1 is 1.19 bits per heavy atom. The zero-order chi connectivity index (χ0) is 10.5. The minimum Gasteiger partial charge on any atom is -0.356 e. The minimum absolute atomic E-state index is 0. The second kappa shape index (κ2) is 7.13. The highest BCUT2D eigenvalue weighted by atomic mass is 35.5. The molecule has 1 aliphatic carbocycles. The first-order valence-electron chi connectivity index (χ1n) is 6.34. The number of hydrogen-bond acceptors (Lipinski definition) is 2. The van der Waals surface area contributed by atoms with Gasteiger partial charge in [0.05, 0.1) is 5.92 Å². The quantitative estimate of drug-likeness (QED) is 0.796. The van der Waals surface area contributed by atoms with Crippen molar-refractivity contribution in [2.75, 3.05) is 19.6 Å². The van der Waals surface area contributed by atoms with Crippen LogP contribution in [0.15, 0.2) is 0 Å². The molecule has 0 bridgehead atoms. The van der Waals surface area contributed by atoms with Crippen molar-refractivity contribution in [3.63, 3.8) is 0 Å². The van der Waals surface area contributed by atoms with Crippen LogP contribution in [0.4, 0.5) is 0 Å². The van der Waals surface area contributed by atoms with Crippen molar-refractivity contribution in [2.45, 2.75) is 38.5 Å². The Hall–Kier alpha value is -0.280. The Bertz CT molecular complexity index is 211. The summed E-state index contributed by atoms with van der Waals surface area (Å²) in [4.78, 5) is 11.8. The van der Waals surface area contributed by atoms with Crippen LogP contribution in [0.5, 0.6) is 0 Å². The summed E-state index contributed by atoms with van der Waals surface area (Å²) in [5.74, 6) is 1.25. The number of amides is 1. The van der Waals surface area contributed by atoms with E-state index in [2.05, 4.69) is 10.6 Å². The number of rotatable bonds is 3. The summed E-state index contributed by atoms with van der Waals surface area (Å²) < 4.78 is 0. The topological polar surface area (TPSA) is 41.1 Å². The van der Waals surface area contributed by atoms with Crippen LogP contribution in [0.3, 0.4) is 0 Å². The lowest BCUT2D eigenvalue weighted by atomic mass is 9.98. The monoisotopic (exact) mass is 246 g/mol. The molecular formula is C12H23ClN2O. The lowest BCUT2D eigenvalue weighted by Gasteiger charge is -2.22. The molecule has 0 radical (unpaired) electrons. The average Bonchev–Trinajstić information content (AvgIpc) is 2.80. The molecule has 2 N–H and O–H groups in total. The van der Waals surface area contributed by atoms with Crippen LogP contribution in [0, 0.1) is 11.8 Å². The zero-order valence-corrected chi connectivity index (χ0v) is 10.7. The van der Waals surface area contributed by atoms with E-state index in [-0.39, 0.29) is 24.2 Å². The van der Waals surface area contributed by atoms with E-state index >= 15 is 0 Å². The van der Waals surface area contributed by atoms with Crippen LogP contribution in [0.25, 0.3) is 0 Å². The highest BCUT2D eigenvalue weighted by Gasteiger charge is 2.22. The summed E-state index contributed by atoms with van der Waals surface area (Å²) in [7, 11) is 0. The molecule has 94 valence electrons. The number of carbonyl (C=O) groups is 1. The van der Waals surface area contributed by atoms with Crippen molar-refractivity contribution in [2.24, 2.45) is 11.8 Å². The molecule has 1 saturated carbocycles. The SMILES string of the molecule is Cl.O=C(NCC1CCCC1)[C@@H]1CCCNC1. The standard InChI is InChI=1S/C12H22N2O.ClH/c15-12(11-6-3-7-13-9-11)14-8-10-4-1-2-5-10;/h10-11,13H,1-9H2,(H,14,15);1H/t11-;/m1./s1. The smallest absolute Gasteiger partial charge is 0.224 e. The van der Waals surface area contributed by atoms with Gasteiger partial charge in [-0.1, -0.05) is 12.8 Å². The van der Waals surface area contributed by atoms with E-state index in [4.69, 9.17) is 0 Å². The molecular weight excluding hydrogens is 224 g/mol. The predicted octanol–water partition coefficient (Wildman–Crippen LogP) is 1.71. The van der Waals surface area contributed by atoms with E-state index in [0.29, 0.717) is 0 Å². The Kier molecular flexibility index (Phi) is 6.14. The van der Waals surface area contributed by atoms with Crippen molar-refractivity contribution >= 4 is 18.3 Å². The maximum absolute atomic E-state index is 11.8. The molecule has 3 nitrogen and oxygen atoms in total. The first-order chi connectivity index (χ1) is 7.36. The number of piperidine rings is 1. The predicted molar refractivity (Wildman–Crippen MR) is 67.8 cm³/mol. The maximum Gasteiger partial charge on any atom is 0.224 e. The van der Waals surface area contributed by atoms with Gasteiger partial charge in [0.25, 0.3) is 0 Å². The van der Waals surface area contributed by atoms with Gasteiger partial charge >= 0.3 is 0 Å². The Morgan fingerprint density at radius 3 is 2.56 bits per heavy atom. The van der Waals surface area contributed by atoms with Crippen LogP contribution in [0.1, 0.15) is 38.5 Å². The summed E-state index contributed by atoms with van der Waals surface area (Å²) in [6.07, 6.45) is 7.52. The second-order valence-corrected chi connectivity index (χ2v) is 4.94. The van der Waals surface area contributed by atoms with Crippen molar-refractivity contribution in [1.29, 1.82) is 0 Å². The third kappa shape index (κ3) is 3.95. The Balaban J connectivity index is 0.00000128. The molecule has 16 heavy (non-hydrogen) atoms. The van der Waals surface area contributed by atoms with E-state index in [0.717, 1.165) is 38.4 Å². The van der Waals surface area contributed by atoms with Gasteiger partial charge in [-0.3, -0.25) is 4.79 Å². The zero-order valence-electron chi connectivity index (χ0n) is 9.84. The van der Waals surface area contributed by atoms with Crippen molar-refractivity contribution in [3.8, 4) is 0 Å². The van der Waals surface area contributed by atoms with Gasteiger partial charge in [-0.25, -0.2) is 0 Å². The van der Waals surface area contributed by atoms with Gasteiger partial charge in [0, 0.05) is 13.1 Å². The maximum atomic E-state index is 11.8. The fourth-order valence-electron chi connectivity index (χ4n) is 2.68. The largest absolute Gasteiger partial charge is 0.356 e. The first-order valence-corrected chi connectivity index (χ1v) is 6.34. The summed E-state index contributed by atoms with van der Waals surface area (Å²) in [6, 6.07) is 0. The van der Waals surface area contributed by atoms with Crippen LogP contribution >= 0.6 is 12.4 Å². The molecule has 0 spiro atoms. The molecule has 1 heterocycles. The molecule has 4 heteroatoms. The van der Waals surface area contributed by atoms with Crippen LogP contribution in [-0.2, 0) is 4.79 Å². The highest BCUT2D eigenvalue weighted by Crippen LogP contribution is 2.23. The van der Waals surface area contributed by atoms with E-state index in [9.17, 15) is 4.79 Å². The lowest BCUT2D eigenvalue weighted by molar-refractivity contribution is -0.125. The number of halogens is 1. The average molecular weight is 247 g/mol. The van der Waals surface area contributed by atoms with Gasteiger partial charge in [0.1, 0.15) is 0 Å². The molecule has 2 rings (SSSR count). The highest BCUT2D eigenvalue weighted by molar-refractivity contribution is 5.85. The number of carbonyl (C=O) groups excluding carboxylic acids is 1.